The van der Waals surface area contributed by atoms with Crippen LogP contribution in [-0.2, 0) is 4.74 Å². The number of ether oxygens (including phenoxy) is 1. The van der Waals surface area contributed by atoms with Gasteiger partial charge < -0.3 is 10.1 Å². The molecule has 1 N–H and O–H groups in total. The molecule has 9 heteroatoms. The molecule has 2 aliphatic heterocycles. The van der Waals surface area contributed by atoms with Crippen LogP contribution in [0.1, 0.15) is 29.5 Å². The molecule has 0 aromatic carbocycles. The Morgan fingerprint density at radius 2 is 2.08 bits per heavy atom. The van der Waals surface area contributed by atoms with E-state index in [1.54, 1.807) is 11.9 Å². The zero-order valence-electron chi connectivity index (χ0n) is 14.9. The Morgan fingerprint density at radius 1 is 1.31 bits per heavy atom. The van der Waals surface area contributed by atoms with Gasteiger partial charge >= 0.3 is 0 Å². The van der Waals surface area contributed by atoms with Gasteiger partial charge in [0.15, 0.2) is 5.82 Å². The van der Waals surface area contributed by atoms with Gasteiger partial charge in [-0.25, -0.2) is 19.3 Å². The smallest absolute Gasteiger partial charge is 0.223 e. The van der Waals surface area contributed by atoms with Crippen molar-refractivity contribution in [3.8, 4) is 10.6 Å². The molecule has 0 bridgehead atoms. The van der Waals surface area contributed by atoms with Crippen molar-refractivity contribution in [2.24, 2.45) is 0 Å². The Kier molecular flexibility index (Phi) is 5.40. The zero-order valence-corrected chi connectivity index (χ0v) is 16.5. The molecule has 2 aliphatic rings. The highest BCUT2D eigenvalue weighted by molar-refractivity contribution is 7.96. The number of aryl methyl sites for hydroxylation is 1. The highest BCUT2D eigenvalue weighted by Crippen LogP contribution is 2.36. The summed E-state index contributed by atoms with van der Waals surface area (Å²) in [5.41, 5.74) is 1.15. The fourth-order valence-electron chi connectivity index (χ4n) is 3.15. The van der Waals surface area contributed by atoms with Crippen LogP contribution in [0.25, 0.3) is 10.6 Å². The fourth-order valence-corrected chi connectivity index (χ4v) is 4.85. The summed E-state index contributed by atoms with van der Waals surface area (Å²) in [6.07, 6.45) is 5.42. The predicted molar refractivity (Wildman–Crippen MR) is 103 cm³/mol. The van der Waals surface area contributed by atoms with E-state index in [0.29, 0.717) is 36.8 Å². The first-order chi connectivity index (χ1) is 12.6. The van der Waals surface area contributed by atoms with Crippen LogP contribution in [0.2, 0.25) is 0 Å². The summed E-state index contributed by atoms with van der Waals surface area (Å²) < 4.78 is 22.0. The molecular weight excluding hydrogens is 373 g/mol. The molecule has 2 aromatic rings. The standard InChI is InChI=1S/C17H22FN5OS2/c1-10-15(26-16(20-10)11-8-24-9-11)14-13(18)7-19-17(22-14)21-12-3-5-23(25-2)6-4-12/h7,11-12H,3-6,8-9H2,1-2H3,(H,19,21,22). The van der Waals surface area contributed by atoms with Crippen LogP contribution in [0.4, 0.5) is 10.3 Å². The first-order valence-corrected chi connectivity index (χ1v) is 10.8. The largest absolute Gasteiger partial charge is 0.380 e. The summed E-state index contributed by atoms with van der Waals surface area (Å²) in [5, 5.41) is 4.37. The minimum atomic E-state index is -0.407. The third kappa shape index (κ3) is 3.71. The van der Waals surface area contributed by atoms with Gasteiger partial charge in [-0.1, -0.05) is 11.9 Å². The molecule has 140 valence electrons. The molecule has 0 amide bonds. The zero-order chi connectivity index (χ0) is 18.1. The van der Waals surface area contributed by atoms with Gasteiger partial charge in [0, 0.05) is 19.1 Å². The summed E-state index contributed by atoms with van der Waals surface area (Å²) >= 11 is 3.29. The number of thiazole rings is 1. The minimum Gasteiger partial charge on any atom is -0.380 e. The Hall–Kier alpha value is -1.29. The van der Waals surface area contributed by atoms with E-state index in [9.17, 15) is 4.39 Å². The van der Waals surface area contributed by atoms with Crippen LogP contribution in [0.3, 0.4) is 0 Å². The third-order valence-corrected chi connectivity index (χ3v) is 7.01. The first kappa shape index (κ1) is 18.1. The van der Waals surface area contributed by atoms with Gasteiger partial charge in [-0.2, -0.15) is 0 Å². The lowest BCUT2D eigenvalue weighted by Crippen LogP contribution is -2.35. The summed E-state index contributed by atoms with van der Waals surface area (Å²) in [6.45, 7) is 5.36. The molecule has 2 saturated heterocycles. The lowest BCUT2D eigenvalue weighted by molar-refractivity contribution is 0.00831. The van der Waals surface area contributed by atoms with Crippen molar-refractivity contribution in [1.82, 2.24) is 19.3 Å². The molecule has 0 spiro atoms. The number of rotatable bonds is 5. The van der Waals surface area contributed by atoms with Crippen molar-refractivity contribution in [3.63, 3.8) is 0 Å². The van der Waals surface area contributed by atoms with Crippen molar-refractivity contribution in [3.05, 3.63) is 22.7 Å². The molecule has 2 aromatic heterocycles. The summed E-state index contributed by atoms with van der Waals surface area (Å²) in [5.74, 6) is 0.415. The van der Waals surface area contributed by atoms with Crippen molar-refractivity contribution >= 4 is 29.2 Å². The Bertz CT molecular complexity index is 775. The maximum Gasteiger partial charge on any atom is 0.223 e. The summed E-state index contributed by atoms with van der Waals surface area (Å²) in [7, 11) is 0. The maximum atomic E-state index is 14.4. The number of nitrogens with one attached hydrogen (secondary N) is 1. The van der Waals surface area contributed by atoms with Gasteiger partial charge in [-0.15, -0.1) is 11.3 Å². The van der Waals surface area contributed by atoms with E-state index in [1.807, 2.05) is 6.92 Å². The summed E-state index contributed by atoms with van der Waals surface area (Å²) in [6, 6.07) is 0.321. The Balaban J connectivity index is 1.52. The number of piperidine rings is 1. The number of hydrogen-bond acceptors (Lipinski definition) is 8. The van der Waals surface area contributed by atoms with E-state index in [0.717, 1.165) is 41.5 Å². The molecule has 0 unspecified atom stereocenters. The van der Waals surface area contributed by atoms with E-state index >= 15 is 0 Å². The fraction of sp³-hybridized carbons (Fsp3) is 0.588. The van der Waals surface area contributed by atoms with Crippen LogP contribution in [0, 0.1) is 12.7 Å². The van der Waals surface area contributed by atoms with E-state index < -0.39 is 5.82 Å². The van der Waals surface area contributed by atoms with Crippen LogP contribution in [0.15, 0.2) is 6.20 Å². The molecule has 4 rings (SSSR count). The lowest BCUT2D eigenvalue weighted by Gasteiger charge is -2.30. The number of hydrogen-bond donors (Lipinski definition) is 1. The van der Waals surface area contributed by atoms with Gasteiger partial charge in [-0.3, -0.25) is 4.31 Å². The van der Waals surface area contributed by atoms with Crippen LogP contribution < -0.4 is 5.32 Å². The van der Waals surface area contributed by atoms with Crippen molar-refractivity contribution < 1.29 is 9.13 Å². The predicted octanol–water partition coefficient (Wildman–Crippen LogP) is 3.32. The molecule has 0 saturated carbocycles. The lowest BCUT2D eigenvalue weighted by atomic mass is 10.1. The van der Waals surface area contributed by atoms with Gasteiger partial charge in [-0.05, 0) is 26.0 Å². The second-order valence-electron chi connectivity index (χ2n) is 6.62. The van der Waals surface area contributed by atoms with Gasteiger partial charge in [0.25, 0.3) is 0 Å². The van der Waals surface area contributed by atoms with Crippen molar-refractivity contribution in [1.29, 1.82) is 0 Å². The summed E-state index contributed by atoms with van der Waals surface area (Å²) in [4.78, 5) is 14.0. The number of aromatic nitrogens is 3. The third-order valence-electron chi connectivity index (χ3n) is 4.80. The van der Waals surface area contributed by atoms with Crippen LogP contribution >= 0.6 is 23.3 Å². The molecule has 2 fully saturated rings. The average Bonchev–Trinajstić information content (AvgIpc) is 2.96. The normalized spacial score (nSPS) is 19.5. The first-order valence-electron chi connectivity index (χ1n) is 8.77. The van der Waals surface area contributed by atoms with Gasteiger partial charge in [0.05, 0.1) is 35.9 Å². The number of anilines is 1. The van der Waals surface area contributed by atoms with E-state index in [4.69, 9.17) is 4.74 Å². The SMILES string of the molecule is CSN1CCC(Nc2ncc(F)c(-c3sc(C4COC4)nc3C)n2)CC1. The Labute approximate surface area is 160 Å². The van der Waals surface area contributed by atoms with Crippen LogP contribution in [0.5, 0.6) is 0 Å². The molecule has 4 heterocycles. The second-order valence-corrected chi connectivity index (χ2v) is 8.53. The molecular formula is C17H22FN5OS2. The minimum absolute atomic E-state index is 0.321. The Morgan fingerprint density at radius 3 is 2.73 bits per heavy atom. The molecule has 6 nitrogen and oxygen atoms in total. The maximum absolute atomic E-state index is 14.4. The number of halogens is 1. The van der Waals surface area contributed by atoms with Crippen molar-refractivity contribution in [2.75, 3.05) is 37.9 Å². The quantitative estimate of drug-likeness (QED) is 0.779. The van der Waals surface area contributed by atoms with E-state index in [-0.39, 0.29) is 0 Å². The highest BCUT2D eigenvalue weighted by atomic mass is 32.2. The highest BCUT2D eigenvalue weighted by Gasteiger charge is 2.27. The van der Waals surface area contributed by atoms with E-state index in [1.165, 1.54) is 17.5 Å². The van der Waals surface area contributed by atoms with Crippen LogP contribution in [-0.4, -0.2) is 57.9 Å². The van der Waals surface area contributed by atoms with Gasteiger partial charge in [0.2, 0.25) is 5.95 Å². The second kappa shape index (κ2) is 7.75. The topological polar surface area (TPSA) is 63.2 Å². The molecule has 0 radical (unpaired) electrons. The van der Waals surface area contributed by atoms with E-state index in [2.05, 4.69) is 30.8 Å². The molecule has 0 aliphatic carbocycles. The molecule has 0 atom stereocenters. The monoisotopic (exact) mass is 395 g/mol. The van der Waals surface area contributed by atoms with Crippen molar-refractivity contribution in [2.45, 2.75) is 31.7 Å². The molecule has 26 heavy (non-hydrogen) atoms. The average molecular weight is 396 g/mol. The number of nitrogens with zero attached hydrogens (tertiary/aromatic N) is 4. The van der Waals surface area contributed by atoms with Gasteiger partial charge in [0.1, 0.15) is 10.7 Å².